The van der Waals surface area contributed by atoms with Crippen molar-refractivity contribution >= 4 is 27.1 Å². The van der Waals surface area contributed by atoms with Crippen molar-refractivity contribution < 1.29 is 14.2 Å². The summed E-state index contributed by atoms with van der Waals surface area (Å²) in [4.78, 5) is 0. The lowest BCUT2D eigenvalue weighted by Gasteiger charge is -2.25. The van der Waals surface area contributed by atoms with Gasteiger partial charge in [-0.25, -0.2) is 4.39 Å². The molecule has 0 radical (unpaired) electrons. The highest BCUT2D eigenvalue weighted by atomic mass is 79.9. The Bertz CT molecular complexity index is 1270. The molecule has 0 amide bonds. The van der Waals surface area contributed by atoms with E-state index in [2.05, 4.69) is 28.1 Å². The fraction of sp³-hybridized carbons (Fsp3) is 0.188. The number of aryl methyl sites for hydroxylation is 1. The van der Waals surface area contributed by atoms with Crippen molar-refractivity contribution in [2.75, 3.05) is 5.83 Å². The van der Waals surface area contributed by atoms with E-state index in [1.165, 1.54) is 5.57 Å². The van der Waals surface area contributed by atoms with Crippen LogP contribution in [0.15, 0.2) is 97.1 Å². The summed E-state index contributed by atoms with van der Waals surface area (Å²) in [6, 6.07) is 30.6. The molecule has 5 rings (SSSR count). The van der Waals surface area contributed by atoms with Crippen molar-refractivity contribution in [1.29, 1.82) is 0 Å². The second-order valence-corrected chi connectivity index (χ2v) is 7.98. The smallest absolute Gasteiger partial charge is 0.165 e. The van der Waals surface area contributed by atoms with E-state index in [0.29, 0.717) is 6.61 Å². The zero-order valence-electron chi connectivity index (χ0n) is 21.0. The molecule has 2 nitrogen and oxygen atoms in total. The van der Waals surface area contributed by atoms with E-state index in [9.17, 15) is 5.11 Å². The third-order valence-corrected chi connectivity index (χ3v) is 5.89. The first-order valence-corrected chi connectivity index (χ1v) is 13.7. The highest BCUT2D eigenvalue weighted by Crippen LogP contribution is 2.42. The van der Waals surface area contributed by atoms with Gasteiger partial charge >= 0.3 is 0 Å². The SMILES string of the molecule is CBr.CC.Oc1ccc(C2=C(c3ccccc3)CCc3cc(OCc4ccccc4)c(F)cc32)cc1. The van der Waals surface area contributed by atoms with Crippen molar-refractivity contribution in [3.8, 4) is 11.5 Å². The fourth-order valence-electron chi connectivity index (χ4n) is 4.31. The molecular formula is C32H32BrFO2. The van der Waals surface area contributed by atoms with Crippen LogP contribution in [0.2, 0.25) is 0 Å². The van der Waals surface area contributed by atoms with Gasteiger partial charge in [0.05, 0.1) is 0 Å². The normalized spacial score (nSPS) is 11.9. The summed E-state index contributed by atoms with van der Waals surface area (Å²) >= 11 is 2.94. The molecule has 0 saturated heterocycles. The Morgan fingerprint density at radius 3 is 2.03 bits per heavy atom. The molecule has 0 aromatic heterocycles. The molecule has 1 N–H and O–H groups in total. The second kappa shape index (κ2) is 13.6. The number of alkyl halides is 1. The minimum atomic E-state index is -0.370. The molecule has 186 valence electrons. The zero-order valence-corrected chi connectivity index (χ0v) is 22.6. The minimum Gasteiger partial charge on any atom is -0.508 e. The summed E-state index contributed by atoms with van der Waals surface area (Å²) in [6.45, 7) is 4.33. The predicted octanol–water partition coefficient (Wildman–Crippen LogP) is 9.05. The van der Waals surface area contributed by atoms with Gasteiger partial charge in [-0.3, -0.25) is 0 Å². The van der Waals surface area contributed by atoms with Gasteiger partial charge in [0.2, 0.25) is 0 Å². The Morgan fingerprint density at radius 1 is 0.778 bits per heavy atom. The highest BCUT2D eigenvalue weighted by Gasteiger charge is 2.24. The van der Waals surface area contributed by atoms with Crippen molar-refractivity contribution in [2.45, 2.75) is 33.3 Å². The van der Waals surface area contributed by atoms with E-state index in [1.807, 2.05) is 86.4 Å². The average Bonchev–Trinajstić information content (AvgIpc) is 2.95. The van der Waals surface area contributed by atoms with E-state index < -0.39 is 0 Å². The van der Waals surface area contributed by atoms with Crippen LogP contribution in [-0.2, 0) is 13.0 Å². The number of hydrogen-bond donors (Lipinski definition) is 1. The predicted molar refractivity (Wildman–Crippen MR) is 152 cm³/mol. The van der Waals surface area contributed by atoms with Gasteiger partial charge in [0.25, 0.3) is 0 Å². The molecule has 0 atom stereocenters. The number of hydrogen-bond acceptors (Lipinski definition) is 2. The number of fused-ring (bicyclic) bond motifs is 1. The number of phenols is 1. The molecule has 36 heavy (non-hydrogen) atoms. The van der Waals surface area contributed by atoms with E-state index >= 15 is 4.39 Å². The minimum absolute atomic E-state index is 0.211. The number of rotatable bonds is 5. The van der Waals surface area contributed by atoms with Crippen LogP contribution in [0.1, 0.15) is 48.1 Å². The molecule has 4 heteroatoms. The largest absolute Gasteiger partial charge is 0.508 e. The Morgan fingerprint density at radius 2 is 1.39 bits per heavy atom. The third kappa shape index (κ3) is 6.44. The summed E-state index contributed by atoms with van der Waals surface area (Å²) in [5.74, 6) is 1.93. The number of aromatic hydroxyl groups is 1. The maximum Gasteiger partial charge on any atom is 0.165 e. The molecule has 0 saturated carbocycles. The first-order valence-electron chi connectivity index (χ1n) is 12.1. The first-order chi connectivity index (χ1) is 17.7. The van der Waals surface area contributed by atoms with Gasteiger partial charge in [-0.2, -0.15) is 0 Å². The van der Waals surface area contributed by atoms with Crippen molar-refractivity contribution in [3.63, 3.8) is 0 Å². The van der Waals surface area contributed by atoms with Crippen LogP contribution >= 0.6 is 15.9 Å². The summed E-state index contributed by atoms with van der Waals surface area (Å²) in [5.41, 5.74) is 7.22. The van der Waals surface area contributed by atoms with Gasteiger partial charge in [0, 0.05) is 0 Å². The molecular weight excluding hydrogens is 515 g/mol. The first kappa shape index (κ1) is 27.2. The van der Waals surface area contributed by atoms with Crippen LogP contribution in [-0.4, -0.2) is 10.9 Å². The molecule has 0 aliphatic heterocycles. The van der Waals surface area contributed by atoms with Crippen LogP contribution in [0.3, 0.4) is 0 Å². The lowest BCUT2D eigenvalue weighted by atomic mass is 9.79. The van der Waals surface area contributed by atoms with E-state index in [0.717, 1.165) is 46.2 Å². The monoisotopic (exact) mass is 546 g/mol. The van der Waals surface area contributed by atoms with E-state index in [4.69, 9.17) is 4.74 Å². The van der Waals surface area contributed by atoms with Gasteiger partial charge in [-0.05, 0) is 81.9 Å². The third-order valence-electron chi connectivity index (χ3n) is 5.89. The van der Waals surface area contributed by atoms with Gasteiger partial charge in [0.1, 0.15) is 12.4 Å². The molecule has 0 heterocycles. The maximum absolute atomic E-state index is 15.2. The molecule has 1 aliphatic carbocycles. The summed E-state index contributed by atoms with van der Waals surface area (Å²) < 4.78 is 21.0. The van der Waals surface area contributed by atoms with Gasteiger partial charge in [-0.1, -0.05) is 103 Å². The molecule has 0 bridgehead atoms. The van der Waals surface area contributed by atoms with Crippen LogP contribution in [0.4, 0.5) is 4.39 Å². The molecule has 1 aliphatic rings. The number of ether oxygens (including phenoxy) is 1. The fourth-order valence-corrected chi connectivity index (χ4v) is 4.31. The quantitative estimate of drug-likeness (QED) is 0.253. The van der Waals surface area contributed by atoms with Crippen molar-refractivity contribution in [3.05, 3.63) is 131 Å². The van der Waals surface area contributed by atoms with Crippen molar-refractivity contribution in [2.24, 2.45) is 0 Å². The number of allylic oxidation sites excluding steroid dienone is 1. The number of benzene rings is 4. The van der Waals surface area contributed by atoms with Crippen LogP contribution in [0.25, 0.3) is 11.1 Å². The van der Waals surface area contributed by atoms with Crippen LogP contribution < -0.4 is 4.74 Å². The van der Waals surface area contributed by atoms with Gasteiger partial charge in [0.15, 0.2) is 11.6 Å². The highest BCUT2D eigenvalue weighted by molar-refractivity contribution is 9.08. The van der Waals surface area contributed by atoms with E-state index in [-0.39, 0.29) is 17.3 Å². The maximum atomic E-state index is 15.2. The summed E-state index contributed by atoms with van der Waals surface area (Å²) in [7, 11) is 0. The number of halogens is 2. The molecule has 4 aromatic rings. The molecule has 0 fully saturated rings. The molecule has 0 unspecified atom stereocenters. The van der Waals surface area contributed by atoms with E-state index in [1.54, 1.807) is 18.2 Å². The second-order valence-electron chi connectivity index (χ2n) is 7.98. The standard InChI is InChI=1S/C29H23FO2.C2H6.CH3Br/c30-27-18-26-23(17-28(27)32-19-20-7-3-1-4-8-20)13-16-25(21-9-5-2-6-10-21)29(26)22-11-14-24(31)15-12-22;2*1-2/h1-12,14-15,17-18,31H,13,16,19H2;1-2H3;1H3. The lowest BCUT2D eigenvalue weighted by molar-refractivity contribution is 0.290. The zero-order chi connectivity index (χ0) is 25.9. The van der Waals surface area contributed by atoms with Crippen molar-refractivity contribution in [1.82, 2.24) is 0 Å². The van der Waals surface area contributed by atoms with Crippen LogP contribution in [0, 0.1) is 5.82 Å². The average molecular weight is 548 g/mol. The Balaban J connectivity index is 0.000000861. The summed E-state index contributed by atoms with van der Waals surface area (Å²) in [5, 5.41) is 9.77. The lowest BCUT2D eigenvalue weighted by Crippen LogP contribution is -2.08. The van der Waals surface area contributed by atoms with Gasteiger partial charge < -0.3 is 9.84 Å². The molecule has 0 spiro atoms. The topological polar surface area (TPSA) is 29.5 Å². The van der Waals surface area contributed by atoms with Gasteiger partial charge in [-0.15, -0.1) is 0 Å². The summed E-state index contributed by atoms with van der Waals surface area (Å²) in [6.07, 6.45) is 1.65. The number of phenolic OH excluding ortho intramolecular Hbond substituents is 1. The van der Waals surface area contributed by atoms with Crippen LogP contribution in [0.5, 0.6) is 11.5 Å². The molecule has 4 aromatic carbocycles. The Labute approximate surface area is 222 Å². The Hall–Kier alpha value is -3.37. The Kier molecular flexibility index (Phi) is 10.3.